The van der Waals surface area contributed by atoms with Crippen LogP contribution < -0.4 is 14.4 Å². The fourth-order valence-corrected chi connectivity index (χ4v) is 5.47. The number of thioether (sulfide) groups is 1. The summed E-state index contributed by atoms with van der Waals surface area (Å²) in [5.74, 6) is 1.12. The van der Waals surface area contributed by atoms with Crippen molar-refractivity contribution in [2.24, 2.45) is 0 Å². The third-order valence-corrected chi connectivity index (χ3v) is 7.61. The highest BCUT2D eigenvalue weighted by Gasteiger charge is 2.25. The van der Waals surface area contributed by atoms with E-state index in [0.717, 1.165) is 5.56 Å². The van der Waals surface area contributed by atoms with Gasteiger partial charge in [0, 0.05) is 12.3 Å². The normalized spacial score (nSPS) is 11.1. The van der Waals surface area contributed by atoms with Crippen LogP contribution in [-0.2, 0) is 20.6 Å². The smallest absolute Gasteiger partial charge is 0.264 e. The van der Waals surface area contributed by atoms with Gasteiger partial charge in [0.1, 0.15) is 5.75 Å². The Bertz CT molecular complexity index is 1140. The fraction of sp³-hybridized carbons (Fsp3) is 0.208. The Labute approximate surface area is 193 Å². The predicted octanol–water partition coefficient (Wildman–Crippen LogP) is 4.78. The molecule has 0 saturated heterocycles. The predicted molar refractivity (Wildman–Crippen MR) is 131 cm³/mol. The summed E-state index contributed by atoms with van der Waals surface area (Å²) in [6.45, 7) is 2.05. The van der Waals surface area contributed by atoms with Crippen LogP contribution in [0, 0.1) is 0 Å². The lowest BCUT2D eigenvalue weighted by molar-refractivity contribution is -0.113. The Kier molecular flexibility index (Phi) is 8.19. The van der Waals surface area contributed by atoms with E-state index >= 15 is 0 Å². The molecule has 32 heavy (non-hydrogen) atoms. The largest absolute Gasteiger partial charge is 0.495 e. The Morgan fingerprint density at radius 3 is 2.28 bits per heavy atom. The number of anilines is 2. The summed E-state index contributed by atoms with van der Waals surface area (Å²) < 4.78 is 33.3. The molecule has 0 aromatic heterocycles. The van der Waals surface area contributed by atoms with Crippen molar-refractivity contribution in [3.8, 4) is 5.75 Å². The summed E-state index contributed by atoms with van der Waals surface area (Å²) >= 11 is 1.48. The number of nitrogens with one attached hydrogen (secondary N) is 1. The first-order valence-corrected chi connectivity index (χ1v) is 12.7. The van der Waals surface area contributed by atoms with Crippen molar-refractivity contribution >= 4 is 39.1 Å². The van der Waals surface area contributed by atoms with E-state index in [9.17, 15) is 13.2 Å². The van der Waals surface area contributed by atoms with E-state index in [1.807, 2.05) is 36.4 Å². The molecule has 0 fully saturated rings. The molecule has 0 bridgehead atoms. The van der Waals surface area contributed by atoms with Crippen molar-refractivity contribution in [1.82, 2.24) is 0 Å². The molecular weight excluding hydrogens is 444 g/mol. The first-order chi connectivity index (χ1) is 15.5. The molecule has 0 aliphatic heterocycles. The zero-order chi connectivity index (χ0) is 23.0. The minimum atomic E-state index is -3.82. The van der Waals surface area contributed by atoms with Gasteiger partial charge in [-0.05, 0) is 42.8 Å². The SMILES string of the molecule is CCN(c1ccccc1)S(=O)(=O)c1ccc(OC)c(NC(=O)CSCc2ccccc2)c1. The number of rotatable bonds is 10. The highest BCUT2D eigenvalue weighted by molar-refractivity contribution is 7.99. The van der Waals surface area contributed by atoms with Gasteiger partial charge in [-0.25, -0.2) is 8.42 Å². The molecule has 6 nitrogen and oxygen atoms in total. The molecule has 8 heteroatoms. The number of nitrogens with zero attached hydrogens (tertiary/aromatic N) is 1. The molecule has 3 rings (SSSR count). The average Bonchev–Trinajstić information content (AvgIpc) is 2.80. The second-order valence-corrected chi connectivity index (χ2v) is 9.74. The third-order valence-electron chi connectivity index (χ3n) is 4.71. The molecule has 0 saturated carbocycles. The maximum atomic E-state index is 13.3. The van der Waals surface area contributed by atoms with Crippen LogP contribution in [-0.4, -0.2) is 33.7 Å². The molecule has 0 aliphatic carbocycles. The van der Waals surface area contributed by atoms with E-state index in [-0.39, 0.29) is 23.1 Å². The lowest BCUT2D eigenvalue weighted by Crippen LogP contribution is -2.30. The summed E-state index contributed by atoms with van der Waals surface area (Å²) in [5.41, 5.74) is 2.04. The van der Waals surface area contributed by atoms with Crippen molar-refractivity contribution in [3.63, 3.8) is 0 Å². The summed E-state index contributed by atoms with van der Waals surface area (Å²) in [5, 5.41) is 2.79. The number of benzene rings is 3. The van der Waals surface area contributed by atoms with E-state index in [4.69, 9.17) is 4.74 Å². The Morgan fingerprint density at radius 1 is 1.00 bits per heavy atom. The molecule has 3 aromatic rings. The van der Waals surface area contributed by atoms with Crippen LogP contribution in [0.3, 0.4) is 0 Å². The third kappa shape index (κ3) is 5.83. The zero-order valence-corrected chi connectivity index (χ0v) is 19.7. The number of sulfonamides is 1. The molecule has 1 amide bonds. The number of para-hydroxylation sites is 1. The molecule has 0 aliphatic rings. The molecular formula is C24H26N2O4S2. The van der Waals surface area contributed by atoms with E-state index < -0.39 is 10.0 Å². The van der Waals surface area contributed by atoms with Crippen molar-refractivity contribution in [2.75, 3.05) is 29.0 Å². The van der Waals surface area contributed by atoms with Gasteiger partial charge >= 0.3 is 0 Å². The zero-order valence-electron chi connectivity index (χ0n) is 18.0. The molecule has 0 heterocycles. The van der Waals surface area contributed by atoms with E-state index in [1.54, 1.807) is 37.3 Å². The van der Waals surface area contributed by atoms with Crippen LogP contribution >= 0.6 is 11.8 Å². The standard InChI is InChI=1S/C24H26N2O4S2/c1-3-26(20-12-8-5-9-13-20)32(28,29)21-14-15-23(30-2)22(16-21)25-24(27)18-31-17-19-10-6-4-7-11-19/h4-16H,3,17-18H2,1-2H3,(H,25,27). The van der Waals surface area contributed by atoms with Crippen molar-refractivity contribution in [2.45, 2.75) is 17.6 Å². The van der Waals surface area contributed by atoms with Crippen molar-refractivity contribution < 1.29 is 17.9 Å². The molecule has 0 unspecified atom stereocenters. The van der Waals surface area contributed by atoms with E-state index in [1.165, 1.54) is 35.3 Å². The highest BCUT2D eigenvalue weighted by atomic mass is 32.2. The lowest BCUT2D eigenvalue weighted by Gasteiger charge is -2.23. The molecule has 0 atom stereocenters. The lowest BCUT2D eigenvalue weighted by atomic mass is 10.2. The van der Waals surface area contributed by atoms with Crippen LogP contribution in [0.2, 0.25) is 0 Å². The number of hydrogen-bond acceptors (Lipinski definition) is 5. The molecule has 3 aromatic carbocycles. The first kappa shape index (κ1) is 23.7. The van der Waals surface area contributed by atoms with Crippen LogP contribution in [0.1, 0.15) is 12.5 Å². The Morgan fingerprint density at radius 2 is 1.66 bits per heavy atom. The number of methoxy groups -OCH3 is 1. The molecule has 0 radical (unpaired) electrons. The minimum absolute atomic E-state index is 0.0799. The van der Waals surface area contributed by atoms with Gasteiger partial charge in [-0.2, -0.15) is 0 Å². The van der Waals surface area contributed by atoms with Crippen LogP contribution in [0.15, 0.2) is 83.8 Å². The second kappa shape index (κ2) is 11.1. The van der Waals surface area contributed by atoms with Crippen LogP contribution in [0.25, 0.3) is 0 Å². The summed E-state index contributed by atoms with van der Waals surface area (Å²) in [7, 11) is -2.34. The van der Waals surface area contributed by atoms with Gasteiger partial charge in [0.2, 0.25) is 5.91 Å². The number of carbonyl (C=O) groups excluding carboxylic acids is 1. The molecule has 0 spiro atoms. The number of hydrogen-bond donors (Lipinski definition) is 1. The topological polar surface area (TPSA) is 75.7 Å². The first-order valence-electron chi connectivity index (χ1n) is 10.1. The number of ether oxygens (including phenoxy) is 1. The molecule has 1 N–H and O–H groups in total. The van der Waals surface area contributed by atoms with E-state index in [0.29, 0.717) is 22.9 Å². The molecule has 168 valence electrons. The Hall–Kier alpha value is -2.97. The average molecular weight is 471 g/mol. The summed E-state index contributed by atoms with van der Waals surface area (Å²) in [4.78, 5) is 12.6. The quantitative estimate of drug-likeness (QED) is 0.461. The van der Waals surface area contributed by atoms with Gasteiger partial charge in [0.15, 0.2) is 0 Å². The summed E-state index contributed by atoms with van der Waals surface area (Å²) in [6, 6.07) is 23.3. The van der Waals surface area contributed by atoms with E-state index in [2.05, 4.69) is 5.32 Å². The van der Waals surface area contributed by atoms with Gasteiger partial charge in [0.25, 0.3) is 10.0 Å². The van der Waals surface area contributed by atoms with Gasteiger partial charge in [-0.3, -0.25) is 9.10 Å². The van der Waals surface area contributed by atoms with Gasteiger partial charge in [-0.1, -0.05) is 48.5 Å². The number of amides is 1. The van der Waals surface area contributed by atoms with Crippen LogP contribution in [0.4, 0.5) is 11.4 Å². The van der Waals surface area contributed by atoms with Crippen molar-refractivity contribution in [1.29, 1.82) is 0 Å². The summed E-state index contributed by atoms with van der Waals surface area (Å²) in [6.07, 6.45) is 0. The van der Waals surface area contributed by atoms with Gasteiger partial charge in [-0.15, -0.1) is 11.8 Å². The fourth-order valence-electron chi connectivity index (χ4n) is 3.18. The second-order valence-electron chi connectivity index (χ2n) is 6.89. The van der Waals surface area contributed by atoms with Gasteiger partial charge < -0.3 is 10.1 Å². The maximum absolute atomic E-state index is 13.3. The minimum Gasteiger partial charge on any atom is -0.495 e. The van der Waals surface area contributed by atoms with Crippen LogP contribution in [0.5, 0.6) is 5.75 Å². The maximum Gasteiger partial charge on any atom is 0.264 e. The highest BCUT2D eigenvalue weighted by Crippen LogP contribution is 2.31. The Balaban J connectivity index is 1.76. The van der Waals surface area contributed by atoms with Gasteiger partial charge in [0.05, 0.1) is 29.1 Å². The number of carbonyl (C=O) groups is 1. The van der Waals surface area contributed by atoms with Crippen molar-refractivity contribution in [3.05, 3.63) is 84.4 Å². The monoisotopic (exact) mass is 470 g/mol.